The summed E-state index contributed by atoms with van der Waals surface area (Å²) in [5.41, 5.74) is -0.333. The van der Waals surface area contributed by atoms with Gasteiger partial charge in [-0.25, -0.2) is 8.78 Å². The van der Waals surface area contributed by atoms with Crippen LogP contribution in [0.1, 0.15) is 18.6 Å². The molecular formula is C10H7Cl3F2O2. The minimum absolute atomic E-state index is 0.333. The molecule has 0 saturated carbocycles. The van der Waals surface area contributed by atoms with Gasteiger partial charge in [0.25, 0.3) is 0 Å². The summed E-state index contributed by atoms with van der Waals surface area (Å²) in [6.45, 7) is 1.07. The lowest BCUT2D eigenvalue weighted by atomic mass is 10.1. The monoisotopic (exact) mass is 302 g/mol. The number of hydrogen-bond acceptors (Lipinski definition) is 2. The molecule has 1 atom stereocenters. The third-order valence-corrected chi connectivity index (χ3v) is 2.42. The van der Waals surface area contributed by atoms with Crippen LogP contribution in [0.25, 0.3) is 0 Å². The van der Waals surface area contributed by atoms with Crippen molar-refractivity contribution in [3.63, 3.8) is 0 Å². The van der Waals surface area contributed by atoms with Gasteiger partial charge in [-0.15, -0.1) is 0 Å². The minimum Gasteiger partial charge on any atom is -0.453 e. The van der Waals surface area contributed by atoms with E-state index in [0.717, 1.165) is 25.1 Å². The molecule has 0 heterocycles. The van der Waals surface area contributed by atoms with Crippen molar-refractivity contribution in [3.8, 4) is 0 Å². The molecule has 1 aromatic carbocycles. The highest BCUT2D eigenvalue weighted by atomic mass is 35.6. The van der Waals surface area contributed by atoms with Crippen LogP contribution in [0.2, 0.25) is 0 Å². The molecule has 1 aromatic rings. The van der Waals surface area contributed by atoms with Crippen LogP contribution in [0, 0.1) is 11.6 Å². The van der Waals surface area contributed by atoms with Crippen molar-refractivity contribution in [2.75, 3.05) is 0 Å². The van der Waals surface area contributed by atoms with Gasteiger partial charge in [-0.05, 0) is 18.2 Å². The fourth-order valence-corrected chi connectivity index (χ4v) is 1.67. The SMILES string of the molecule is CC(=O)OC(c1cc(F)ccc1F)C(Cl)(Cl)Cl. The number of ether oxygens (including phenoxy) is 1. The van der Waals surface area contributed by atoms with Crippen LogP contribution in [0.15, 0.2) is 18.2 Å². The standard InChI is InChI=1S/C10H7Cl3F2O2/c1-5(16)17-9(10(11,12)13)7-4-6(14)2-3-8(7)15/h2-4,9H,1H3. The number of halogens is 5. The van der Waals surface area contributed by atoms with Crippen molar-refractivity contribution in [3.05, 3.63) is 35.4 Å². The predicted octanol–water partition coefficient (Wildman–Crippen LogP) is 3.94. The highest BCUT2D eigenvalue weighted by molar-refractivity contribution is 6.68. The van der Waals surface area contributed by atoms with Crippen LogP contribution in [-0.2, 0) is 9.53 Å². The van der Waals surface area contributed by atoms with E-state index in [9.17, 15) is 13.6 Å². The Bertz CT molecular complexity index is 432. The van der Waals surface area contributed by atoms with Crippen LogP contribution >= 0.6 is 34.8 Å². The Balaban J connectivity index is 3.21. The fourth-order valence-electron chi connectivity index (χ4n) is 1.19. The van der Waals surface area contributed by atoms with Gasteiger partial charge in [0.2, 0.25) is 3.79 Å². The Labute approximate surface area is 111 Å². The predicted molar refractivity (Wildman–Crippen MR) is 61.2 cm³/mol. The highest BCUT2D eigenvalue weighted by Gasteiger charge is 2.38. The fraction of sp³-hybridized carbons (Fsp3) is 0.300. The third-order valence-electron chi connectivity index (χ3n) is 1.82. The second kappa shape index (κ2) is 5.38. The number of alkyl halides is 3. The molecule has 0 radical (unpaired) electrons. The molecule has 0 saturated heterocycles. The molecule has 17 heavy (non-hydrogen) atoms. The molecule has 1 unspecified atom stereocenters. The molecule has 94 valence electrons. The van der Waals surface area contributed by atoms with Gasteiger partial charge < -0.3 is 4.74 Å². The lowest BCUT2D eigenvalue weighted by Gasteiger charge is -2.24. The van der Waals surface area contributed by atoms with E-state index in [1.807, 2.05) is 0 Å². The van der Waals surface area contributed by atoms with E-state index in [0.29, 0.717) is 0 Å². The van der Waals surface area contributed by atoms with E-state index in [1.54, 1.807) is 0 Å². The summed E-state index contributed by atoms with van der Waals surface area (Å²) < 4.78 is 29.1. The van der Waals surface area contributed by atoms with Crippen molar-refractivity contribution in [2.45, 2.75) is 16.8 Å². The van der Waals surface area contributed by atoms with Crippen molar-refractivity contribution in [1.82, 2.24) is 0 Å². The summed E-state index contributed by atoms with van der Waals surface area (Å²) in [5.74, 6) is -2.33. The van der Waals surface area contributed by atoms with E-state index in [2.05, 4.69) is 0 Å². The number of rotatable bonds is 2. The summed E-state index contributed by atoms with van der Waals surface area (Å²) in [5, 5.41) is 0. The first-order chi connectivity index (χ1) is 7.71. The Kier molecular flexibility index (Phi) is 4.58. The molecule has 1 rings (SSSR count). The van der Waals surface area contributed by atoms with Crippen LogP contribution in [0.4, 0.5) is 8.78 Å². The van der Waals surface area contributed by atoms with Gasteiger partial charge in [0.15, 0.2) is 6.10 Å². The largest absolute Gasteiger partial charge is 0.453 e. The number of benzene rings is 1. The van der Waals surface area contributed by atoms with Gasteiger partial charge in [0.05, 0.1) is 0 Å². The Hall–Kier alpha value is -0.580. The summed E-state index contributed by atoms with van der Waals surface area (Å²) >= 11 is 16.7. The Morgan fingerprint density at radius 2 is 1.94 bits per heavy atom. The van der Waals surface area contributed by atoms with Crippen LogP contribution in [0.3, 0.4) is 0 Å². The molecule has 7 heteroatoms. The third kappa shape index (κ3) is 3.98. The van der Waals surface area contributed by atoms with E-state index < -0.39 is 27.5 Å². The van der Waals surface area contributed by atoms with Crippen molar-refractivity contribution >= 4 is 40.8 Å². The maximum Gasteiger partial charge on any atom is 0.303 e. The summed E-state index contributed by atoms with van der Waals surface area (Å²) in [7, 11) is 0. The lowest BCUT2D eigenvalue weighted by molar-refractivity contribution is -0.146. The molecule has 2 nitrogen and oxygen atoms in total. The molecule has 0 aliphatic rings. The van der Waals surface area contributed by atoms with E-state index in [4.69, 9.17) is 39.5 Å². The van der Waals surface area contributed by atoms with Crippen molar-refractivity contribution in [2.24, 2.45) is 0 Å². The maximum absolute atomic E-state index is 13.5. The number of esters is 1. The first-order valence-electron chi connectivity index (χ1n) is 4.40. The van der Waals surface area contributed by atoms with Gasteiger partial charge in [-0.2, -0.15) is 0 Å². The average Bonchev–Trinajstić information content (AvgIpc) is 2.16. The lowest BCUT2D eigenvalue weighted by Crippen LogP contribution is -2.23. The molecule has 0 aliphatic heterocycles. The smallest absolute Gasteiger partial charge is 0.303 e. The molecular weight excluding hydrogens is 296 g/mol. The van der Waals surface area contributed by atoms with Crippen LogP contribution in [-0.4, -0.2) is 9.76 Å². The Morgan fingerprint density at radius 1 is 1.35 bits per heavy atom. The van der Waals surface area contributed by atoms with Gasteiger partial charge in [0.1, 0.15) is 11.6 Å². The number of carbonyl (C=O) groups is 1. The first kappa shape index (κ1) is 14.5. The van der Waals surface area contributed by atoms with Crippen LogP contribution in [0.5, 0.6) is 0 Å². The Morgan fingerprint density at radius 3 is 2.41 bits per heavy atom. The zero-order valence-corrected chi connectivity index (χ0v) is 10.8. The topological polar surface area (TPSA) is 26.3 Å². The van der Waals surface area contributed by atoms with Crippen molar-refractivity contribution < 1.29 is 18.3 Å². The molecule has 0 aliphatic carbocycles. The second-order valence-electron chi connectivity index (χ2n) is 3.20. The highest BCUT2D eigenvalue weighted by Crippen LogP contribution is 2.43. The molecule has 0 fully saturated rings. The zero-order valence-electron chi connectivity index (χ0n) is 8.52. The summed E-state index contributed by atoms with van der Waals surface area (Å²) in [4.78, 5) is 10.9. The molecule has 0 spiro atoms. The summed E-state index contributed by atoms with van der Waals surface area (Å²) in [6, 6.07) is 2.57. The van der Waals surface area contributed by atoms with E-state index >= 15 is 0 Å². The van der Waals surface area contributed by atoms with Crippen molar-refractivity contribution in [1.29, 1.82) is 0 Å². The molecule has 0 aromatic heterocycles. The molecule has 0 bridgehead atoms. The maximum atomic E-state index is 13.5. The first-order valence-corrected chi connectivity index (χ1v) is 5.54. The van der Waals surface area contributed by atoms with E-state index in [1.165, 1.54) is 0 Å². The quantitative estimate of drug-likeness (QED) is 0.611. The second-order valence-corrected chi connectivity index (χ2v) is 5.57. The molecule has 0 N–H and O–H groups in total. The normalized spacial score (nSPS) is 13.3. The number of carbonyl (C=O) groups excluding carboxylic acids is 1. The van der Waals surface area contributed by atoms with Crippen LogP contribution < -0.4 is 0 Å². The summed E-state index contributed by atoms with van der Waals surface area (Å²) in [6.07, 6.45) is -1.51. The van der Waals surface area contributed by atoms with Gasteiger partial charge in [-0.1, -0.05) is 34.8 Å². The minimum atomic E-state index is -2.10. The zero-order chi connectivity index (χ0) is 13.2. The van der Waals surface area contributed by atoms with Gasteiger partial charge in [0, 0.05) is 12.5 Å². The van der Waals surface area contributed by atoms with Gasteiger partial charge >= 0.3 is 5.97 Å². The number of hydrogen-bond donors (Lipinski definition) is 0. The van der Waals surface area contributed by atoms with E-state index in [-0.39, 0.29) is 5.56 Å². The molecule has 0 amide bonds. The van der Waals surface area contributed by atoms with Gasteiger partial charge in [-0.3, -0.25) is 4.79 Å². The average molecular weight is 304 g/mol.